The molecule has 0 aliphatic heterocycles. The van der Waals surface area contributed by atoms with Gasteiger partial charge in [0.1, 0.15) is 0 Å². The maximum atomic E-state index is 8.74. The van der Waals surface area contributed by atoms with Crippen molar-refractivity contribution in [2.75, 3.05) is 0 Å². The first-order valence-electron chi connectivity index (χ1n) is 3.00. The van der Waals surface area contributed by atoms with Crippen LogP contribution in [-0.4, -0.2) is 41.1 Å². The summed E-state index contributed by atoms with van der Waals surface area (Å²) in [4.78, 5) is 8.12. The van der Waals surface area contributed by atoms with Crippen LogP contribution >= 0.6 is 0 Å². The van der Waals surface area contributed by atoms with Crippen molar-refractivity contribution in [1.29, 1.82) is 0 Å². The summed E-state index contributed by atoms with van der Waals surface area (Å²) in [5.41, 5.74) is 0. The van der Waals surface area contributed by atoms with Gasteiger partial charge < -0.3 is 0 Å². The quantitative estimate of drug-likeness (QED) is 0.0877. The normalized spacial score (nSPS) is 13.1. The Labute approximate surface area is 82.1 Å². The Hall–Kier alpha value is -0.347. The summed E-state index contributed by atoms with van der Waals surface area (Å²) in [6.07, 6.45) is 0. The molecule has 94 valence electrons. The van der Waals surface area contributed by atoms with E-state index in [0.717, 1.165) is 0 Å². The summed E-state index contributed by atoms with van der Waals surface area (Å²) < 4.78 is 76.2. The van der Waals surface area contributed by atoms with Gasteiger partial charge in [0.15, 0.2) is 0 Å². The monoisotopic (exact) mass is 311 g/mol. The molecule has 0 unspecified atom stereocenters. The molecule has 0 saturated carbocycles. The number of hydrogen-bond donors (Lipinski definition) is 9. The average molecular weight is 313 g/mol. The molecule has 0 aromatic carbocycles. The summed E-state index contributed by atoms with van der Waals surface area (Å²) in [6, 6.07) is 0. The van der Waals surface area contributed by atoms with Crippen LogP contribution in [0.15, 0.2) is 0 Å². The number of hydrogen-bond acceptors (Lipinski definition) is 10. The Balaban J connectivity index is -0.000000158. The molecule has 0 fully saturated rings. The fraction of sp³-hybridized carbons (Fsp3) is 0. The summed E-state index contributed by atoms with van der Waals surface area (Å²) in [6.45, 7) is 0. The fourth-order valence-corrected chi connectivity index (χ4v) is 0. The maximum absolute atomic E-state index is 8.74. The molecule has 0 radical (unpaired) electrons. The van der Waals surface area contributed by atoms with Crippen LogP contribution < -0.4 is 5.34 Å². The first kappa shape index (κ1) is 20.1. The molecule has 13 nitrogen and oxygen atoms in total. The average Bonchev–Trinajstić information content (AvgIpc) is 1.46. The van der Waals surface area contributed by atoms with E-state index in [1.54, 1.807) is 0 Å². The van der Waals surface area contributed by atoms with E-state index in [2.05, 4.69) is 0 Å². The number of rotatable bonds is 0. The molecule has 0 amide bonds. The van der Waals surface area contributed by atoms with Gasteiger partial charge in [-0.2, -0.15) is 8.42 Å². The van der Waals surface area contributed by atoms with Crippen molar-refractivity contribution in [3.05, 3.63) is 10.1 Å². The van der Waals surface area contributed by atoms with Crippen molar-refractivity contribution in [2.24, 2.45) is 0 Å². The van der Waals surface area contributed by atoms with Crippen LogP contribution in [0.4, 0.5) is 0 Å². The van der Waals surface area contributed by atoms with Crippen LogP contribution in [0, 0.1) is 10.1 Å². The van der Waals surface area contributed by atoms with Gasteiger partial charge in [0.25, 0.3) is 0 Å². The van der Waals surface area contributed by atoms with Crippen molar-refractivity contribution in [3.8, 4) is 0 Å². The first-order chi connectivity index (χ1) is 5.86. The zero-order chi connectivity index (χ0) is 13.6. The molecule has 0 aliphatic rings. The van der Waals surface area contributed by atoms with E-state index in [4.69, 9.17) is 51.2 Å². The van der Waals surface area contributed by atoms with Crippen LogP contribution in [0.1, 0.15) is 0 Å². The SMILES string of the molecule is O=S(=O)(O)O.O=[NH+][O-].[OH][Zn]([OH])([OH])([OH])([OH])[OH]. The summed E-state index contributed by atoms with van der Waals surface area (Å²) in [5.74, 6) is 0. The zero-order valence-corrected chi connectivity index (χ0v) is 10.6. The third kappa shape index (κ3) is 15400. The van der Waals surface area contributed by atoms with Gasteiger partial charge in [-0.05, 0) is 0 Å². The molecule has 0 atom stereocenters. The van der Waals surface area contributed by atoms with Gasteiger partial charge in [-0.1, -0.05) is 0 Å². The first-order valence-corrected chi connectivity index (χ1v) is 12.4. The fourth-order valence-electron chi connectivity index (χ4n) is 0. The standard InChI is InChI=1S/HNO2.H2O4S.6H2O.Zn/c2-1-3;1-5(2,3)4;;;;;;;/h1H;(H2,1,2,3,4);6*1H2;/q;;;;;;;;+6/p-6. The molecule has 0 aromatic heterocycles. The molecule has 0 saturated heterocycles. The summed E-state index contributed by atoms with van der Waals surface area (Å²) >= 11 is -8.38. The predicted octanol–water partition coefficient (Wildman–Crippen LogP) is -5.67. The molecule has 0 rings (SSSR count). The van der Waals surface area contributed by atoms with Crippen molar-refractivity contribution < 1.29 is 61.0 Å². The zero-order valence-electron chi connectivity index (χ0n) is 6.83. The van der Waals surface area contributed by atoms with Gasteiger partial charge in [-0.15, -0.1) is 0 Å². The van der Waals surface area contributed by atoms with Crippen molar-refractivity contribution >= 4 is 10.4 Å². The van der Waals surface area contributed by atoms with Gasteiger partial charge in [0.05, 0.1) is 0 Å². The van der Waals surface area contributed by atoms with E-state index in [1.807, 2.05) is 0 Å². The third-order valence-electron chi connectivity index (χ3n) is 0. The third-order valence-corrected chi connectivity index (χ3v) is 0. The molecule has 15 heteroatoms. The van der Waals surface area contributed by atoms with Gasteiger partial charge >= 0.3 is 48.6 Å². The Morgan fingerprint density at radius 3 is 0.933 bits per heavy atom. The van der Waals surface area contributed by atoms with E-state index in [1.165, 1.54) is 0 Å². The number of nitrogens with one attached hydrogen (secondary N) is 1. The predicted molar refractivity (Wildman–Crippen MR) is 35.2 cm³/mol. The van der Waals surface area contributed by atoms with Crippen LogP contribution in [0.5, 0.6) is 0 Å². The van der Waals surface area contributed by atoms with Crippen LogP contribution in [0.2, 0.25) is 0 Å². The summed E-state index contributed by atoms with van der Waals surface area (Å²) in [7, 11) is -4.67. The Morgan fingerprint density at radius 2 is 0.933 bits per heavy atom. The summed E-state index contributed by atoms with van der Waals surface area (Å²) in [5, 5.41) is 8.38. The van der Waals surface area contributed by atoms with E-state index >= 15 is 0 Å². The minimum atomic E-state index is -8.38. The second-order valence-electron chi connectivity index (χ2n) is 2.65. The van der Waals surface area contributed by atoms with Crippen LogP contribution in [0.25, 0.3) is 0 Å². The molecular formula is H9NO12SZn. The van der Waals surface area contributed by atoms with Crippen LogP contribution in [-0.2, 0) is 25.0 Å². The van der Waals surface area contributed by atoms with E-state index in [9.17, 15) is 0 Å². The van der Waals surface area contributed by atoms with Crippen molar-refractivity contribution in [2.45, 2.75) is 0 Å². The molecule has 15 heavy (non-hydrogen) atoms. The molecule has 0 heterocycles. The molecule has 0 bridgehead atoms. The minimum absolute atomic E-state index is 0.250. The molecule has 0 spiro atoms. The Morgan fingerprint density at radius 1 is 0.933 bits per heavy atom. The van der Waals surface area contributed by atoms with Gasteiger partial charge in [0, 0.05) is 5.34 Å². The second-order valence-corrected chi connectivity index (χ2v) is 12.4. The van der Waals surface area contributed by atoms with Gasteiger partial charge in [-0.25, -0.2) is 0 Å². The van der Waals surface area contributed by atoms with E-state index in [-0.39, 0.29) is 5.34 Å². The van der Waals surface area contributed by atoms with E-state index < -0.39 is 25.0 Å². The molecular weight excluding hydrogens is 303 g/mol. The topological polar surface area (TPSA) is 250 Å². The Kier molecular flexibility index (Phi) is 6.25. The second kappa shape index (κ2) is 4.66. The Bertz CT molecular complexity index is 254. The van der Waals surface area contributed by atoms with Gasteiger partial charge in [0.2, 0.25) is 0 Å². The molecule has 0 aliphatic carbocycles. The van der Waals surface area contributed by atoms with E-state index in [0.29, 0.717) is 0 Å². The molecule has 0 aromatic rings. The van der Waals surface area contributed by atoms with Gasteiger partial charge in [-0.3, -0.25) is 19.2 Å². The van der Waals surface area contributed by atoms with Crippen molar-refractivity contribution in [3.63, 3.8) is 0 Å². The van der Waals surface area contributed by atoms with Crippen LogP contribution in [0.3, 0.4) is 0 Å². The van der Waals surface area contributed by atoms with Crippen molar-refractivity contribution in [1.82, 2.24) is 0 Å². The molecule has 9 N–H and O–H groups in total.